The molecule has 2 rings (SSSR count). The maximum Gasteiger partial charge on any atom is 0.242 e. The number of hydrogen-bond acceptors (Lipinski definition) is 6. The summed E-state index contributed by atoms with van der Waals surface area (Å²) in [6.45, 7) is 1.95. The van der Waals surface area contributed by atoms with Gasteiger partial charge >= 0.3 is 0 Å². The number of nitrogen functional groups attached to an aromatic ring is 1. The molecule has 0 atom stereocenters. The number of benzene rings is 1. The molecule has 0 saturated heterocycles. The van der Waals surface area contributed by atoms with Crippen LogP contribution in [-0.2, 0) is 16.6 Å². The smallest absolute Gasteiger partial charge is 0.242 e. The molecule has 1 aromatic carbocycles. The molecule has 0 bridgehead atoms. The Labute approximate surface area is 120 Å². The number of rotatable bonds is 4. The summed E-state index contributed by atoms with van der Waals surface area (Å²) in [6, 6.07) is 5.97. The summed E-state index contributed by atoms with van der Waals surface area (Å²) in [4.78, 5) is 4.14. The summed E-state index contributed by atoms with van der Waals surface area (Å²) in [5, 5.41) is 11.4. The molecule has 0 amide bonds. The molecule has 1 heterocycles. The van der Waals surface area contributed by atoms with Crippen molar-refractivity contribution in [3.05, 3.63) is 39.8 Å². The van der Waals surface area contributed by atoms with Gasteiger partial charge in [0.1, 0.15) is 4.90 Å². The van der Waals surface area contributed by atoms with Crippen molar-refractivity contribution in [1.29, 1.82) is 5.26 Å². The van der Waals surface area contributed by atoms with Crippen LogP contribution in [0.15, 0.2) is 28.5 Å². The van der Waals surface area contributed by atoms with Gasteiger partial charge in [0.25, 0.3) is 0 Å². The van der Waals surface area contributed by atoms with Gasteiger partial charge in [0, 0.05) is 5.38 Å². The number of sulfonamides is 1. The average molecular weight is 308 g/mol. The highest BCUT2D eigenvalue weighted by Crippen LogP contribution is 2.19. The molecule has 0 radical (unpaired) electrons. The van der Waals surface area contributed by atoms with Gasteiger partial charge in [0.05, 0.1) is 34.6 Å². The van der Waals surface area contributed by atoms with E-state index in [0.717, 1.165) is 5.01 Å². The molecule has 2 aromatic rings. The predicted molar refractivity (Wildman–Crippen MR) is 76.4 cm³/mol. The molecule has 0 aliphatic carbocycles. The van der Waals surface area contributed by atoms with Gasteiger partial charge in [-0.2, -0.15) is 5.26 Å². The fraction of sp³-hybridized carbons (Fsp3) is 0.167. The standard InChI is InChI=1S/C12H12N4O2S2/c1-8-16-10(7-19-8)6-15-20(17,18)12-3-2-9(5-13)4-11(12)14/h2-4,7,15H,6,14H2,1H3. The molecular weight excluding hydrogens is 296 g/mol. The molecule has 0 spiro atoms. The van der Waals surface area contributed by atoms with Crippen LogP contribution in [0, 0.1) is 18.3 Å². The van der Waals surface area contributed by atoms with Gasteiger partial charge in [0.2, 0.25) is 10.0 Å². The Morgan fingerprint density at radius 2 is 2.25 bits per heavy atom. The van der Waals surface area contributed by atoms with Crippen molar-refractivity contribution >= 4 is 27.0 Å². The molecule has 1 aromatic heterocycles. The fourth-order valence-electron chi connectivity index (χ4n) is 1.60. The lowest BCUT2D eigenvalue weighted by atomic mass is 10.2. The van der Waals surface area contributed by atoms with E-state index in [1.807, 2.05) is 13.0 Å². The Kier molecular flexibility index (Phi) is 4.04. The quantitative estimate of drug-likeness (QED) is 0.829. The number of nitrogens with one attached hydrogen (secondary N) is 1. The third-order valence-electron chi connectivity index (χ3n) is 2.54. The van der Waals surface area contributed by atoms with Crippen LogP contribution in [0.4, 0.5) is 5.69 Å². The van der Waals surface area contributed by atoms with Crippen LogP contribution >= 0.6 is 11.3 Å². The Bertz CT molecular complexity index is 775. The van der Waals surface area contributed by atoms with Gasteiger partial charge in [-0.25, -0.2) is 18.1 Å². The zero-order valence-corrected chi connectivity index (χ0v) is 12.3. The minimum atomic E-state index is -3.72. The molecule has 0 fully saturated rings. The minimum Gasteiger partial charge on any atom is -0.398 e. The van der Waals surface area contributed by atoms with Crippen LogP contribution in [0.5, 0.6) is 0 Å². The summed E-state index contributed by atoms with van der Waals surface area (Å²) < 4.78 is 26.7. The van der Waals surface area contributed by atoms with Gasteiger partial charge < -0.3 is 5.73 Å². The number of hydrogen-bond donors (Lipinski definition) is 2. The lowest BCUT2D eigenvalue weighted by Crippen LogP contribution is -2.24. The molecule has 104 valence electrons. The molecule has 0 unspecified atom stereocenters. The Morgan fingerprint density at radius 1 is 1.50 bits per heavy atom. The number of aromatic nitrogens is 1. The lowest BCUT2D eigenvalue weighted by molar-refractivity contribution is 0.581. The SMILES string of the molecule is Cc1nc(CNS(=O)(=O)c2ccc(C#N)cc2N)cs1. The molecule has 6 nitrogen and oxygen atoms in total. The first kappa shape index (κ1) is 14.5. The fourth-order valence-corrected chi connectivity index (χ4v) is 3.32. The van der Waals surface area contributed by atoms with Gasteiger partial charge in [-0.05, 0) is 25.1 Å². The van der Waals surface area contributed by atoms with E-state index in [4.69, 9.17) is 11.0 Å². The van der Waals surface area contributed by atoms with E-state index < -0.39 is 10.0 Å². The van der Waals surface area contributed by atoms with Gasteiger partial charge in [-0.3, -0.25) is 0 Å². The van der Waals surface area contributed by atoms with Crippen LogP contribution in [-0.4, -0.2) is 13.4 Å². The summed E-state index contributed by atoms with van der Waals surface area (Å²) in [6.07, 6.45) is 0. The topological polar surface area (TPSA) is 109 Å². The number of aryl methyl sites for hydroxylation is 1. The van der Waals surface area contributed by atoms with Crippen LogP contribution in [0.2, 0.25) is 0 Å². The maximum atomic E-state index is 12.1. The van der Waals surface area contributed by atoms with E-state index >= 15 is 0 Å². The van der Waals surface area contributed by atoms with Crippen molar-refractivity contribution in [3.8, 4) is 6.07 Å². The first-order chi connectivity index (χ1) is 9.42. The van der Waals surface area contributed by atoms with Crippen molar-refractivity contribution in [2.24, 2.45) is 0 Å². The van der Waals surface area contributed by atoms with Crippen molar-refractivity contribution in [2.45, 2.75) is 18.4 Å². The molecule has 0 aliphatic heterocycles. The summed E-state index contributed by atoms with van der Waals surface area (Å²) >= 11 is 1.45. The largest absolute Gasteiger partial charge is 0.398 e. The van der Waals surface area contributed by atoms with E-state index in [1.165, 1.54) is 29.5 Å². The van der Waals surface area contributed by atoms with Gasteiger partial charge in [0.15, 0.2) is 0 Å². The van der Waals surface area contributed by atoms with Gasteiger partial charge in [-0.15, -0.1) is 11.3 Å². The van der Waals surface area contributed by atoms with Crippen LogP contribution < -0.4 is 10.5 Å². The van der Waals surface area contributed by atoms with E-state index in [0.29, 0.717) is 11.3 Å². The number of nitrogens with two attached hydrogens (primary N) is 1. The third-order valence-corrected chi connectivity index (χ3v) is 4.84. The summed E-state index contributed by atoms with van der Waals surface area (Å²) in [7, 11) is -3.72. The monoisotopic (exact) mass is 308 g/mol. The Hall–Kier alpha value is -1.95. The minimum absolute atomic E-state index is 0.0385. The van der Waals surface area contributed by atoms with Crippen LogP contribution in [0.3, 0.4) is 0 Å². The Balaban J connectivity index is 2.20. The highest BCUT2D eigenvalue weighted by molar-refractivity contribution is 7.89. The highest BCUT2D eigenvalue weighted by Gasteiger charge is 2.17. The third kappa shape index (κ3) is 3.14. The molecule has 0 aliphatic rings. The van der Waals surface area contributed by atoms with E-state index in [9.17, 15) is 8.42 Å². The molecule has 8 heteroatoms. The summed E-state index contributed by atoms with van der Waals surface area (Å²) in [5.41, 5.74) is 6.69. The van der Waals surface area contributed by atoms with E-state index in [-0.39, 0.29) is 17.1 Å². The van der Waals surface area contributed by atoms with Gasteiger partial charge in [-0.1, -0.05) is 0 Å². The Morgan fingerprint density at radius 3 is 2.80 bits per heavy atom. The normalized spacial score (nSPS) is 11.2. The zero-order chi connectivity index (χ0) is 14.8. The lowest BCUT2D eigenvalue weighted by Gasteiger charge is -2.08. The van der Waals surface area contributed by atoms with Crippen molar-refractivity contribution in [3.63, 3.8) is 0 Å². The number of nitriles is 1. The second kappa shape index (κ2) is 5.58. The first-order valence-corrected chi connectivity index (χ1v) is 7.99. The molecule has 20 heavy (non-hydrogen) atoms. The first-order valence-electron chi connectivity index (χ1n) is 5.62. The van der Waals surface area contributed by atoms with Crippen molar-refractivity contribution in [1.82, 2.24) is 9.71 Å². The maximum absolute atomic E-state index is 12.1. The molecular formula is C12H12N4O2S2. The molecule has 3 N–H and O–H groups in total. The number of nitrogens with zero attached hydrogens (tertiary/aromatic N) is 2. The van der Waals surface area contributed by atoms with Crippen LogP contribution in [0.25, 0.3) is 0 Å². The van der Waals surface area contributed by atoms with E-state index in [1.54, 1.807) is 5.38 Å². The van der Waals surface area contributed by atoms with E-state index in [2.05, 4.69) is 9.71 Å². The second-order valence-corrected chi connectivity index (χ2v) is 6.84. The van der Waals surface area contributed by atoms with Crippen molar-refractivity contribution < 1.29 is 8.42 Å². The summed E-state index contributed by atoms with van der Waals surface area (Å²) in [5.74, 6) is 0. The molecule has 0 saturated carbocycles. The highest BCUT2D eigenvalue weighted by atomic mass is 32.2. The predicted octanol–water partition coefficient (Wildman–Crippen LogP) is 1.38. The average Bonchev–Trinajstić information content (AvgIpc) is 2.82. The number of thiazole rings is 1. The zero-order valence-electron chi connectivity index (χ0n) is 10.6. The van der Waals surface area contributed by atoms with Crippen molar-refractivity contribution in [2.75, 3.05) is 5.73 Å². The number of anilines is 1. The second-order valence-electron chi connectivity index (χ2n) is 4.05. The van der Waals surface area contributed by atoms with Crippen LogP contribution in [0.1, 0.15) is 16.3 Å².